The summed E-state index contributed by atoms with van der Waals surface area (Å²) in [5.41, 5.74) is -1.39. The first-order chi connectivity index (χ1) is 13.4. The number of carbonyl (C=O) groups excluding carboxylic acids is 3. The van der Waals surface area contributed by atoms with Gasteiger partial charge in [-0.3, -0.25) is 14.4 Å². The number of benzene rings is 1. The zero-order chi connectivity index (χ0) is 21.6. The van der Waals surface area contributed by atoms with Gasteiger partial charge in [-0.05, 0) is 43.0 Å². The van der Waals surface area contributed by atoms with E-state index in [0.717, 1.165) is 44.2 Å². The normalized spacial score (nSPS) is 24.3. The van der Waals surface area contributed by atoms with E-state index in [1.807, 2.05) is 0 Å². The maximum Gasteiger partial charge on any atom is 0.416 e. The number of hydrogen-bond donors (Lipinski definition) is 0. The van der Waals surface area contributed by atoms with E-state index in [1.165, 1.54) is 17.0 Å². The first-order valence-corrected chi connectivity index (χ1v) is 10.0. The van der Waals surface area contributed by atoms with Gasteiger partial charge in [-0.25, -0.2) is 0 Å². The van der Waals surface area contributed by atoms with Crippen molar-refractivity contribution in [3.05, 3.63) is 29.8 Å². The van der Waals surface area contributed by atoms with Crippen LogP contribution in [-0.2, 0) is 20.6 Å². The molecule has 0 radical (unpaired) electrons. The molecule has 0 spiro atoms. The van der Waals surface area contributed by atoms with Crippen LogP contribution in [-0.4, -0.2) is 23.5 Å². The van der Waals surface area contributed by atoms with Crippen molar-refractivity contribution in [1.29, 1.82) is 0 Å². The van der Waals surface area contributed by atoms with Gasteiger partial charge in [-0.2, -0.15) is 13.2 Å². The minimum atomic E-state index is -4.49. The predicted octanol–water partition coefficient (Wildman–Crippen LogP) is 4.80. The van der Waals surface area contributed by atoms with E-state index in [0.29, 0.717) is 0 Å². The van der Waals surface area contributed by atoms with Gasteiger partial charge in [-0.1, -0.05) is 40.0 Å². The Labute approximate surface area is 168 Å². The van der Waals surface area contributed by atoms with Crippen molar-refractivity contribution in [3.8, 4) is 0 Å². The lowest BCUT2D eigenvalue weighted by Crippen LogP contribution is -2.46. The van der Waals surface area contributed by atoms with Crippen LogP contribution >= 0.6 is 0 Å². The molecule has 4 nitrogen and oxygen atoms in total. The molecule has 2 fully saturated rings. The maximum atomic E-state index is 13.1. The Morgan fingerprint density at radius 1 is 0.966 bits per heavy atom. The van der Waals surface area contributed by atoms with Crippen molar-refractivity contribution >= 4 is 23.2 Å². The third-order valence-electron chi connectivity index (χ3n) is 5.98. The highest BCUT2D eigenvalue weighted by Gasteiger charge is 2.55. The fourth-order valence-corrected chi connectivity index (χ4v) is 4.49. The number of hydrogen-bond acceptors (Lipinski definition) is 3. The van der Waals surface area contributed by atoms with E-state index in [9.17, 15) is 27.6 Å². The van der Waals surface area contributed by atoms with Gasteiger partial charge < -0.3 is 4.90 Å². The molecule has 0 bridgehead atoms. The summed E-state index contributed by atoms with van der Waals surface area (Å²) in [7, 11) is 0. The fourth-order valence-electron chi connectivity index (χ4n) is 4.49. The zero-order valence-electron chi connectivity index (χ0n) is 16.9. The monoisotopic (exact) mass is 409 g/mol. The van der Waals surface area contributed by atoms with Crippen molar-refractivity contribution < 1.29 is 27.6 Å². The van der Waals surface area contributed by atoms with E-state index in [4.69, 9.17) is 0 Å². The van der Waals surface area contributed by atoms with Crippen LogP contribution in [0.1, 0.15) is 58.4 Å². The second-order valence-electron chi connectivity index (χ2n) is 9.06. The molecule has 158 valence electrons. The molecule has 1 saturated carbocycles. The molecular weight excluding hydrogens is 383 g/mol. The van der Waals surface area contributed by atoms with E-state index in [-0.39, 0.29) is 17.4 Å². The number of ketones is 2. The van der Waals surface area contributed by atoms with E-state index < -0.39 is 40.8 Å². The fraction of sp³-hybridized carbons (Fsp3) is 0.591. The van der Waals surface area contributed by atoms with Crippen molar-refractivity contribution in [2.45, 2.75) is 65.1 Å². The van der Waals surface area contributed by atoms with Gasteiger partial charge in [0.25, 0.3) is 5.91 Å². The molecular formula is C22H26F3NO3. The minimum absolute atomic E-state index is 0.0299. The Balaban J connectivity index is 2.04. The standard InChI is InChI=1S/C22H26F3NO3/c1-21(2,3)19(28)16-17(13-7-5-4-6-8-13)26(20(29)18(16)27)15-11-9-14(10-12-15)22(23,24)25/h9-13,16-17H,4-8H2,1-3H3. The van der Waals surface area contributed by atoms with E-state index >= 15 is 0 Å². The summed E-state index contributed by atoms with van der Waals surface area (Å²) in [4.78, 5) is 40.1. The average Bonchev–Trinajstić information content (AvgIpc) is 2.91. The smallest absolute Gasteiger partial charge is 0.301 e. The lowest BCUT2D eigenvalue weighted by Gasteiger charge is -2.37. The highest BCUT2D eigenvalue weighted by molar-refractivity contribution is 6.48. The van der Waals surface area contributed by atoms with Gasteiger partial charge >= 0.3 is 6.18 Å². The predicted molar refractivity (Wildman–Crippen MR) is 102 cm³/mol. The number of alkyl halides is 3. The number of rotatable bonds is 3. The van der Waals surface area contributed by atoms with Crippen LogP contribution < -0.4 is 4.90 Å². The number of Topliss-reactive ketones (excluding diaryl/α,β-unsaturated/α-hetero) is 2. The Morgan fingerprint density at radius 3 is 2.00 bits per heavy atom. The van der Waals surface area contributed by atoms with Crippen LogP contribution in [0.25, 0.3) is 0 Å². The van der Waals surface area contributed by atoms with Crippen molar-refractivity contribution in [1.82, 2.24) is 0 Å². The summed E-state index contributed by atoms with van der Waals surface area (Å²) >= 11 is 0. The molecule has 0 N–H and O–H groups in total. The molecule has 3 rings (SSSR count). The van der Waals surface area contributed by atoms with Crippen LogP contribution in [0.3, 0.4) is 0 Å². The van der Waals surface area contributed by atoms with Crippen LogP contribution in [0, 0.1) is 17.3 Å². The molecule has 29 heavy (non-hydrogen) atoms. The van der Waals surface area contributed by atoms with Crippen molar-refractivity contribution in [2.75, 3.05) is 4.90 Å². The molecule has 2 atom stereocenters. The molecule has 0 aromatic heterocycles. The van der Waals surface area contributed by atoms with Crippen LogP contribution in [0.5, 0.6) is 0 Å². The topological polar surface area (TPSA) is 54.5 Å². The first kappa shape index (κ1) is 21.5. The lowest BCUT2D eigenvalue weighted by atomic mass is 9.72. The first-order valence-electron chi connectivity index (χ1n) is 10.0. The maximum absolute atomic E-state index is 13.1. The second-order valence-corrected chi connectivity index (χ2v) is 9.06. The highest BCUT2D eigenvalue weighted by atomic mass is 19.4. The molecule has 1 aliphatic carbocycles. The molecule has 7 heteroatoms. The average molecular weight is 409 g/mol. The minimum Gasteiger partial charge on any atom is -0.301 e. The number of anilines is 1. The Morgan fingerprint density at radius 2 is 1.52 bits per heavy atom. The van der Waals surface area contributed by atoms with Crippen molar-refractivity contribution in [3.63, 3.8) is 0 Å². The molecule has 2 unspecified atom stereocenters. The number of halogens is 3. The number of amides is 1. The van der Waals surface area contributed by atoms with Gasteiger partial charge in [0.2, 0.25) is 5.78 Å². The second kappa shape index (κ2) is 7.58. The van der Waals surface area contributed by atoms with Crippen LogP contribution in [0.15, 0.2) is 24.3 Å². The SMILES string of the molecule is CC(C)(C)C(=O)C1C(=O)C(=O)N(c2ccc(C(F)(F)F)cc2)C1C1CCCCC1. The van der Waals surface area contributed by atoms with E-state index in [2.05, 4.69) is 0 Å². The molecule has 1 saturated heterocycles. The van der Waals surface area contributed by atoms with Crippen molar-refractivity contribution in [2.24, 2.45) is 17.3 Å². The van der Waals surface area contributed by atoms with Gasteiger partial charge in [-0.15, -0.1) is 0 Å². The lowest BCUT2D eigenvalue weighted by molar-refractivity contribution is -0.141. The van der Waals surface area contributed by atoms with Crippen LogP contribution in [0.2, 0.25) is 0 Å². The number of nitrogens with zero attached hydrogens (tertiary/aromatic N) is 1. The Hall–Kier alpha value is -2.18. The zero-order valence-corrected chi connectivity index (χ0v) is 16.9. The molecule has 1 heterocycles. The third kappa shape index (κ3) is 4.09. The molecule has 2 aliphatic rings. The van der Waals surface area contributed by atoms with Gasteiger partial charge in [0.15, 0.2) is 5.78 Å². The quantitative estimate of drug-likeness (QED) is 0.532. The Bertz CT molecular complexity index is 802. The largest absolute Gasteiger partial charge is 0.416 e. The highest BCUT2D eigenvalue weighted by Crippen LogP contribution is 2.42. The summed E-state index contributed by atoms with van der Waals surface area (Å²) in [6.07, 6.45) is 0.0361. The third-order valence-corrected chi connectivity index (χ3v) is 5.98. The molecule has 1 aromatic carbocycles. The van der Waals surface area contributed by atoms with E-state index in [1.54, 1.807) is 20.8 Å². The summed E-state index contributed by atoms with van der Waals surface area (Å²) in [6, 6.07) is 3.61. The molecule has 1 aromatic rings. The molecule has 1 aliphatic heterocycles. The Kier molecular flexibility index (Phi) is 5.62. The summed E-state index contributed by atoms with van der Waals surface area (Å²) < 4.78 is 38.8. The summed E-state index contributed by atoms with van der Waals surface area (Å²) in [5, 5.41) is 0. The van der Waals surface area contributed by atoms with Crippen LogP contribution in [0.4, 0.5) is 18.9 Å². The van der Waals surface area contributed by atoms with Gasteiger partial charge in [0, 0.05) is 11.1 Å². The molecule has 1 amide bonds. The van der Waals surface area contributed by atoms with Gasteiger partial charge in [0.05, 0.1) is 11.6 Å². The summed E-state index contributed by atoms with van der Waals surface area (Å²) in [6.45, 7) is 5.14. The number of carbonyl (C=O) groups is 3. The van der Waals surface area contributed by atoms with Gasteiger partial charge in [0.1, 0.15) is 5.92 Å². The summed E-state index contributed by atoms with van der Waals surface area (Å²) in [5.74, 6) is -2.95.